The third-order valence-corrected chi connectivity index (χ3v) is 6.19. The number of benzene rings is 3. The summed E-state index contributed by atoms with van der Waals surface area (Å²) in [5, 5.41) is 0. The van der Waals surface area contributed by atoms with E-state index in [1.165, 1.54) is 6.92 Å². The molecule has 1 aliphatic heterocycles. The van der Waals surface area contributed by atoms with Gasteiger partial charge in [-0.25, -0.2) is 4.79 Å². The second-order valence-corrected chi connectivity index (χ2v) is 9.02. The highest BCUT2D eigenvalue weighted by atomic mass is 19.3. The van der Waals surface area contributed by atoms with Gasteiger partial charge < -0.3 is 23.7 Å². The molecule has 0 saturated heterocycles. The van der Waals surface area contributed by atoms with E-state index in [1.807, 2.05) is 91.0 Å². The second-order valence-electron chi connectivity index (χ2n) is 9.02. The molecule has 39 heavy (non-hydrogen) atoms. The molecule has 206 valence electrons. The monoisotopic (exact) mass is 538 g/mol. The smallest absolute Gasteiger partial charge is 0.381 e. The van der Waals surface area contributed by atoms with Gasteiger partial charge in [0.15, 0.2) is 0 Å². The van der Waals surface area contributed by atoms with Gasteiger partial charge in [-0.3, -0.25) is 0 Å². The minimum absolute atomic E-state index is 0.0184. The molecule has 3 aromatic rings. The van der Waals surface area contributed by atoms with E-state index in [1.54, 1.807) is 0 Å². The molecule has 0 N–H and O–H groups in total. The summed E-state index contributed by atoms with van der Waals surface area (Å²) in [6, 6.07) is 28.1. The highest BCUT2D eigenvalue weighted by molar-refractivity contribution is 5.81. The number of halogens is 2. The first kappa shape index (κ1) is 28.4. The van der Waals surface area contributed by atoms with Crippen LogP contribution in [-0.4, -0.2) is 43.4 Å². The zero-order valence-corrected chi connectivity index (χ0v) is 21.7. The molecular formula is C31H32F2O6. The minimum atomic E-state index is -3.98. The molecule has 1 aliphatic rings. The summed E-state index contributed by atoms with van der Waals surface area (Å²) in [5.41, 5.74) is 1.92. The Labute approximate surface area is 227 Å². The highest BCUT2D eigenvalue weighted by Gasteiger charge is 2.54. The quantitative estimate of drug-likeness (QED) is 0.254. The fourth-order valence-corrected chi connectivity index (χ4v) is 4.18. The summed E-state index contributed by atoms with van der Waals surface area (Å²) >= 11 is 0. The number of ether oxygens (including phenoxy) is 5. The topological polar surface area (TPSA) is 63.2 Å². The lowest BCUT2D eigenvalue weighted by atomic mass is 9.93. The van der Waals surface area contributed by atoms with Crippen LogP contribution in [0.4, 0.5) is 8.78 Å². The maximum absolute atomic E-state index is 15.4. The van der Waals surface area contributed by atoms with E-state index < -0.39 is 35.8 Å². The van der Waals surface area contributed by atoms with Gasteiger partial charge in [0.05, 0.1) is 44.9 Å². The third-order valence-electron chi connectivity index (χ3n) is 6.19. The molecule has 0 fully saturated rings. The lowest BCUT2D eigenvalue weighted by Gasteiger charge is -2.39. The summed E-state index contributed by atoms with van der Waals surface area (Å²) in [6.07, 6.45) is -2.21. The van der Waals surface area contributed by atoms with Crippen LogP contribution in [0.1, 0.15) is 23.6 Å². The number of hydrogen-bond donors (Lipinski definition) is 0. The molecule has 0 spiro atoms. The first-order chi connectivity index (χ1) is 19.0. The van der Waals surface area contributed by atoms with Crippen molar-refractivity contribution in [3.63, 3.8) is 0 Å². The molecule has 4 rings (SSSR count). The van der Waals surface area contributed by atoms with Crippen LogP contribution in [0, 0.1) is 0 Å². The van der Waals surface area contributed by atoms with Crippen molar-refractivity contribution >= 4 is 5.97 Å². The van der Waals surface area contributed by atoms with Crippen molar-refractivity contribution in [3.8, 4) is 0 Å². The van der Waals surface area contributed by atoms with Crippen molar-refractivity contribution < 1.29 is 37.3 Å². The van der Waals surface area contributed by atoms with Crippen molar-refractivity contribution in [2.24, 2.45) is 0 Å². The minimum Gasteiger partial charge on any atom is -0.492 e. The summed E-state index contributed by atoms with van der Waals surface area (Å²) in [6.45, 7) is 1.76. The normalized spacial score (nSPS) is 19.2. The van der Waals surface area contributed by atoms with Crippen molar-refractivity contribution in [1.29, 1.82) is 0 Å². The van der Waals surface area contributed by atoms with Gasteiger partial charge in [0.2, 0.25) is 0 Å². The van der Waals surface area contributed by atoms with Crippen LogP contribution in [0.25, 0.3) is 0 Å². The lowest BCUT2D eigenvalue weighted by molar-refractivity contribution is -0.182. The summed E-state index contributed by atoms with van der Waals surface area (Å²) in [5.74, 6) is -5.66. The number of carbonyl (C=O) groups is 1. The van der Waals surface area contributed by atoms with Crippen LogP contribution < -0.4 is 0 Å². The molecular weight excluding hydrogens is 506 g/mol. The molecule has 0 amide bonds. The highest BCUT2D eigenvalue weighted by Crippen LogP contribution is 2.37. The largest absolute Gasteiger partial charge is 0.492 e. The predicted octanol–water partition coefficient (Wildman–Crippen LogP) is 5.86. The average molecular weight is 539 g/mol. The van der Waals surface area contributed by atoms with Crippen LogP contribution in [0.3, 0.4) is 0 Å². The van der Waals surface area contributed by atoms with Crippen LogP contribution in [0.5, 0.6) is 0 Å². The second kappa shape index (κ2) is 14.0. The van der Waals surface area contributed by atoms with Crippen LogP contribution in [0.15, 0.2) is 103 Å². The summed E-state index contributed by atoms with van der Waals surface area (Å²) in [7, 11) is 0. The van der Waals surface area contributed by atoms with Gasteiger partial charge in [-0.15, -0.1) is 0 Å². The lowest BCUT2D eigenvalue weighted by Crippen LogP contribution is -2.52. The third kappa shape index (κ3) is 7.72. The van der Waals surface area contributed by atoms with Crippen molar-refractivity contribution in [2.75, 3.05) is 13.2 Å². The van der Waals surface area contributed by atoms with Crippen molar-refractivity contribution in [3.05, 3.63) is 120 Å². The Bertz CT molecular complexity index is 1190. The average Bonchev–Trinajstić information content (AvgIpc) is 2.97. The van der Waals surface area contributed by atoms with E-state index in [-0.39, 0.29) is 26.4 Å². The zero-order chi connectivity index (χ0) is 27.5. The fraction of sp³-hybridized carbons (Fsp3) is 0.323. The summed E-state index contributed by atoms with van der Waals surface area (Å²) < 4.78 is 59.4. The van der Waals surface area contributed by atoms with E-state index in [2.05, 4.69) is 4.74 Å². The van der Waals surface area contributed by atoms with Gasteiger partial charge in [-0.05, 0) is 23.6 Å². The molecule has 0 saturated carbocycles. The molecule has 3 aromatic carbocycles. The summed E-state index contributed by atoms with van der Waals surface area (Å²) in [4.78, 5) is 12.3. The molecule has 1 heterocycles. The van der Waals surface area contributed by atoms with Gasteiger partial charge in [-0.2, -0.15) is 8.78 Å². The number of esters is 1. The number of carbonyl (C=O) groups excluding carboxylic acids is 1. The molecule has 0 aliphatic carbocycles. The Morgan fingerprint density at radius 3 is 1.85 bits per heavy atom. The molecule has 0 aromatic heterocycles. The first-order valence-electron chi connectivity index (χ1n) is 12.8. The molecule has 0 bridgehead atoms. The Kier molecular flexibility index (Phi) is 10.2. The first-order valence-corrected chi connectivity index (χ1v) is 12.8. The molecule has 0 radical (unpaired) electrons. The van der Waals surface area contributed by atoms with Gasteiger partial charge in [0.1, 0.15) is 18.3 Å². The van der Waals surface area contributed by atoms with E-state index in [4.69, 9.17) is 18.9 Å². The maximum Gasteiger partial charge on any atom is 0.381 e. The van der Waals surface area contributed by atoms with Crippen LogP contribution in [0.2, 0.25) is 0 Å². The van der Waals surface area contributed by atoms with E-state index >= 15 is 8.78 Å². The SMILES string of the molecule is CCOC(=O)C(F)(F)C1=CO[C@H](COCc2ccccc2)[C@@H](OCc2ccccc2)[C@@H]1OCc1ccccc1. The van der Waals surface area contributed by atoms with E-state index in [0.717, 1.165) is 23.0 Å². The van der Waals surface area contributed by atoms with Gasteiger partial charge in [0, 0.05) is 0 Å². The number of rotatable bonds is 13. The Hall–Kier alpha value is -3.59. The molecule has 8 heteroatoms. The molecule has 3 atom stereocenters. The fourth-order valence-electron chi connectivity index (χ4n) is 4.18. The Morgan fingerprint density at radius 1 is 0.795 bits per heavy atom. The van der Waals surface area contributed by atoms with Crippen LogP contribution >= 0.6 is 0 Å². The maximum atomic E-state index is 15.4. The van der Waals surface area contributed by atoms with Gasteiger partial charge >= 0.3 is 11.9 Å². The van der Waals surface area contributed by atoms with Gasteiger partial charge in [0.25, 0.3) is 0 Å². The number of alkyl halides is 2. The molecule has 0 unspecified atom stereocenters. The van der Waals surface area contributed by atoms with Gasteiger partial charge in [-0.1, -0.05) is 91.0 Å². The Morgan fingerprint density at radius 2 is 1.31 bits per heavy atom. The van der Waals surface area contributed by atoms with Crippen molar-refractivity contribution in [1.82, 2.24) is 0 Å². The standard InChI is InChI=1S/C31H32F2O6/c1-2-36-30(34)31(32,33)26-21-37-27(22-35-18-23-12-6-3-7-13-23)29(39-20-25-16-10-5-11-17-25)28(26)38-19-24-14-8-4-9-15-24/h3-17,21,27-29H,2,18-20,22H2,1H3/t27-,28-,29-/m1/s1. The predicted molar refractivity (Wildman–Crippen MR) is 141 cm³/mol. The van der Waals surface area contributed by atoms with Crippen LogP contribution in [-0.2, 0) is 48.3 Å². The zero-order valence-electron chi connectivity index (χ0n) is 21.7. The molecule has 6 nitrogen and oxygen atoms in total. The number of hydrogen-bond acceptors (Lipinski definition) is 6. The Balaban J connectivity index is 1.60. The van der Waals surface area contributed by atoms with Crippen molar-refractivity contribution in [2.45, 2.75) is 51.0 Å². The van der Waals surface area contributed by atoms with E-state index in [9.17, 15) is 4.79 Å². The van der Waals surface area contributed by atoms with E-state index in [0.29, 0.717) is 6.61 Å².